The summed E-state index contributed by atoms with van der Waals surface area (Å²) in [6, 6.07) is 13.8. The van der Waals surface area contributed by atoms with E-state index in [1.165, 1.54) is 6.26 Å². The molecule has 0 N–H and O–H groups in total. The molecule has 1 aliphatic carbocycles. The first-order valence-corrected chi connectivity index (χ1v) is 14.5. The summed E-state index contributed by atoms with van der Waals surface area (Å²) in [5, 5.41) is 5.28. The highest BCUT2D eigenvalue weighted by atomic mass is 35.5. The third kappa shape index (κ3) is 4.81. The monoisotopic (exact) mass is 556 g/mol. The molecule has 0 atom stereocenters. The maximum absolute atomic E-state index is 12.0. The summed E-state index contributed by atoms with van der Waals surface area (Å²) in [5.41, 5.74) is 3.66. The average Bonchev–Trinajstić information content (AvgIpc) is 3.65. The number of pyridine rings is 1. The molecule has 1 aliphatic heterocycles. The lowest BCUT2D eigenvalue weighted by Crippen LogP contribution is -2.03. The minimum Gasteiger partial charge on any atom is -0.473 e. The van der Waals surface area contributed by atoms with Crippen molar-refractivity contribution in [3.05, 3.63) is 81.2 Å². The molecule has 1 saturated carbocycles. The van der Waals surface area contributed by atoms with Crippen molar-refractivity contribution in [3.8, 4) is 28.6 Å². The number of nitrogens with zero attached hydrogens (tertiary/aromatic N) is 2. The van der Waals surface area contributed by atoms with E-state index in [0.717, 1.165) is 35.4 Å². The predicted octanol–water partition coefficient (Wildman–Crippen LogP) is 6.79. The largest absolute Gasteiger partial charge is 0.473 e. The van der Waals surface area contributed by atoms with Gasteiger partial charge in [0.2, 0.25) is 5.88 Å². The minimum absolute atomic E-state index is 0.191. The number of rotatable bonds is 6. The lowest BCUT2D eigenvalue weighted by atomic mass is 10.0. The van der Waals surface area contributed by atoms with Crippen molar-refractivity contribution < 1.29 is 22.4 Å². The maximum Gasteiger partial charge on any atom is 0.214 e. The number of hydrogen-bond acceptors (Lipinski definition) is 7. The summed E-state index contributed by atoms with van der Waals surface area (Å²) >= 11 is 12.9. The number of sulfone groups is 1. The van der Waals surface area contributed by atoms with Crippen LogP contribution in [0, 0.1) is 0 Å². The van der Waals surface area contributed by atoms with Crippen LogP contribution in [0.5, 0.6) is 17.4 Å². The molecule has 37 heavy (non-hydrogen) atoms. The van der Waals surface area contributed by atoms with Gasteiger partial charge >= 0.3 is 0 Å². The molecule has 3 heterocycles. The fourth-order valence-corrected chi connectivity index (χ4v) is 5.67. The molecule has 0 spiro atoms. The Kier molecular flexibility index (Phi) is 6.13. The van der Waals surface area contributed by atoms with Crippen LogP contribution in [0.4, 0.5) is 0 Å². The SMILES string of the molecule is CS(=O)(=O)c1ccc2c(c1)Oc1ccc(OCc3c(-c4c(Cl)cccc4Cl)noc3C3CC3)nc1CC2. The van der Waals surface area contributed by atoms with E-state index in [1.54, 1.807) is 48.5 Å². The van der Waals surface area contributed by atoms with Gasteiger partial charge in [-0.25, -0.2) is 13.4 Å². The number of halogens is 2. The van der Waals surface area contributed by atoms with E-state index in [-0.39, 0.29) is 11.5 Å². The van der Waals surface area contributed by atoms with Gasteiger partial charge in [0.05, 0.1) is 26.2 Å². The Hall–Kier alpha value is -3.07. The smallest absolute Gasteiger partial charge is 0.214 e. The predicted molar refractivity (Wildman–Crippen MR) is 140 cm³/mol. The van der Waals surface area contributed by atoms with E-state index in [0.29, 0.717) is 57.4 Å². The molecule has 2 aromatic carbocycles. The Morgan fingerprint density at radius 1 is 1.03 bits per heavy atom. The van der Waals surface area contributed by atoms with Crippen LogP contribution in [-0.2, 0) is 29.3 Å². The molecule has 190 valence electrons. The molecule has 0 amide bonds. The first-order valence-electron chi connectivity index (χ1n) is 11.8. The standard InChI is InChI=1S/C27H22Cl2N2O5S/c1-37(32,33)17-9-7-15-8-10-21-22(35-23(15)13-17)11-12-24(30-21)34-14-18-26(31-36-27(18)16-5-6-16)25-19(28)3-2-4-20(25)29/h2-4,7,9,11-13,16H,5-6,8,10,14H2,1H3. The molecule has 0 unspecified atom stereocenters. The Labute approximate surface area is 224 Å². The lowest BCUT2D eigenvalue weighted by Gasteiger charge is -2.12. The Morgan fingerprint density at radius 2 is 1.81 bits per heavy atom. The second-order valence-electron chi connectivity index (χ2n) is 9.27. The van der Waals surface area contributed by atoms with Crippen LogP contribution in [0.25, 0.3) is 11.3 Å². The summed E-state index contributed by atoms with van der Waals surface area (Å²) in [6.07, 6.45) is 4.54. The third-order valence-electron chi connectivity index (χ3n) is 6.56. The number of ether oxygens (including phenoxy) is 2. The van der Waals surface area contributed by atoms with Crippen LogP contribution >= 0.6 is 23.2 Å². The molecule has 7 nitrogen and oxygen atoms in total. The molecule has 0 radical (unpaired) electrons. The van der Waals surface area contributed by atoms with E-state index >= 15 is 0 Å². The van der Waals surface area contributed by atoms with Crippen molar-refractivity contribution in [2.45, 2.75) is 43.1 Å². The van der Waals surface area contributed by atoms with Gasteiger partial charge in [0.15, 0.2) is 9.84 Å². The Morgan fingerprint density at radius 3 is 2.54 bits per heavy atom. The second kappa shape index (κ2) is 9.35. The molecule has 10 heteroatoms. The highest BCUT2D eigenvalue weighted by Gasteiger charge is 2.34. The fourth-order valence-electron chi connectivity index (χ4n) is 4.45. The van der Waals surface area contributed by atoms with Crippen molar-refractivity contribution in [2.75, 3.05) is 6.26 Å². The van der Waals surface area contributed by atoms with Crippen molar-refractivity contribution in [1.82, 2.24) is 10.1 Å². The van der Waals surface area contributed by atoms with Crippen LogP contribution in [0.1, 0.15) is 41.3 Å². The quantitative estimate of drug-likeness (QED) is 0.258. The number of aromatic nitrogens is 2. The van der Waals surface area contributed by atoms with Gasteiger partial charge < -0.3 is 14.0 Å². The van der Waals surface area contributed by atoms with Crippen LogP contribution in [-0.4, -0.2) is 24.8 Å². The average molecular weight is 557 g/mol. The van der Waals surface area contributed by atoms with Crippen LogP contribution in [0.15, 0.2) is 57.9 Å². The topological polar surface area (TPSA) is 91.5 Å². The highest BCUT2D eigenvalue weighted by Crippen LogP contribution is 2.46. The third-order valence-corrected chi connectivity index (χ3v) is 8.30. The van der Waals surface area contributed by atoms with Crippen molar-refractivity contribution in [1.29, 1.82) is 0 Å². The number of aryl methyl sites for hydroxylation is 2. The van der Waals surface area contributed by atoms with E-state index in [9.17, 15) is 8.42 Å². The van der Waals surface area contributed by atoms with Crippen LogP contribution in [0.3, 0.4) is 0 Å². The summed E-state index contributed by atoms with van der Waals surface area (Å²) in [4.78, 5) is 4.91. The van der Waals surface area contributed by atoms with E-state index in [2.05, 4.69) is 10.1 Å². The first-order chi connectivity index (χ1) is 17.8. The molecule has 2 aromatic heterocycles. The van der Waals surface area contributed by atoms with E-state index in [4.69, 9.17) is 37.2 Å². The minimum atomic E-state index is -3.34. The maximum atomic E-state index is 12.0. The summed E-state index contributed by atoms with van der Waals surface area (Å²) in [7, 11) is -3.34. The van der Waals surface area contributed by atoms with Gasteiger partial charge in [0.25, 0.3) is 0 Å². The van der Waals surface area contributed by atoms with Gasteiger partial charge in [-0.15, -0.1) is 0 Å². The zero-order chi connectivity index (χ0) is 25.7. The Bertz CT molecular complexity index is 1610. The zero-order valence-corrected chi connectivity index (χ0v) is 22.2. The normalized spacial score (nSPS) is 14.9. The number of hydrogen-bond donors (Lipinski definition) is 0. The summed E-state index contributed by atoms with van der Waals surface area (Å²) < 4.78 is 41.9. The van der Waals surface area contributed by atoms with E-state index in [1.807, 2.05) is 0 Å². The van der Waals surface area contributed by atoms with Crippen molar-refractivity contribution in [2.24, 2.45) is 0 Å². The van der Waals surface area contributed by atoms with Gasteiger partial charge in [-0.05, 0) is 61.6 Å². The van der Waals surface area contributed by atoms with E-state index < -0.39 is 9.84 Å². The Balaban J connectivity index is 1.27. The lowest BCUT2D eigenvalue weighted by molar-refractivity contribution is 0.287. The van der Waals surface area contributed by atoms with Crippen molar-refractivity contribution >= 4 is 33.0 Å². The van der Waals surface area contributed by atoms with Crippen LogP contribution < -0.4 is 9.47 Å². The first kappa shape index (κ1) is 24.3. The zero-order valence-electron chi connectivity index (χ0n) is 19.8. The molecular weight excluding hydrogens is 535 g/mol. The van der Waals surface area contributed by atoms with Gasteiger partial charge in [-0.1, -0.05) is 40.5 Å². The van der Waals surface area contributed by atoms with Crippen LogP contribution in [0.2, 0.25) is 10.0 Å². The van der Waals surface area contributed by atoms with Gasteiger partial charge in [0.1, 0.15) is 29.6 Å². The number of benzene rings is 2. The molecular formula is C27H22Cl2N2O5S. The van der Waals surface area contributed by atoms with Crippen molar-refractivity contribution in [3.63, 3.8) is 0 Å². The number of fused-ring (bicyclic) bond motifs is 2. The molecule has 6 rings (SSSR count). The van der Waals surface area contributed by atoms with Gasteiger partial charge in [-0.2, -0.15) is 0 Å². The molecule has 0 bridgehead atoms. The molecule has 0 saturated heterocycles. The second-order valence-corrected chi connectivity index (χ2v) is 12.1. The molecule has 4 aromatic rings. The van der Waals surface area contributed by atoms with Gasteiger partial charge in [-0.3, -0.25) is 0 Å². The summed E-state index contributed by atoms with van der Waals surface area (Å²) in [5.74, 6) is 2.64. The summed E-state index contributed by atoms with van der Waals surface area (Å²) in [6.45, 7) is 0.191. The van der Waals surface area contributed by atoms with Gasteiger partial charge in [0, 0.05) is 23.8 Å². The molecule has 1 fully saturated rings. The molecule has 2 aliphatic rings. The fraction of sp³-hybridized carbons (Fsp3) is 0.259. The highest BCUT2D eigenvalue weighted by molar-refractivity contribution is 7.90.